The Morgan fingerprint density at radius 3 is 2.68 bits per heavy atom. The summed E-state index contributed by atoms with van der Waals surface area (Å²) in [7, 11) is 0. The first-order valence-corrected chi connectivity index (χ1v) is 13.4. The third-order valence-corrected chi connectivity index (χ3v) is 7.88. The van der Waals surface area contributed by atoms with E-state index in [0.29, 0.717) is 33.1 Å². The summed E-state index contributed by atoms with van der Waals surface area (Å²) < 4.78 is 1.99. The molecule has 2 aromatic carbocycles. The van der Waals surface area contributed by atoms with Crippen molar-refractivity contribution in [1.29, 1.82) is 0 Å². The Bertz CT molecular complexity index is 1280. The Labute approximate surface area is 216 Å². The van der Waals surface area contributed by atoms with Crippen molar-refractivity contribution in [2.24, 2.45) is 0 Å². The van der Waals surface area contributed by atoms with Crippen molar-refractivity contribution in [2.75, 3.05) is 0 Å². The number of carbonyl (C=O) groups excluding carboxylic acids is 1. The van der Waals surface area contributed by atoms with Crippen LogP contribution in [0.4, 0.5) is 0 Å². The number of amides is 1. The maximum Gasteiger partial charge on any atom is 0.270 e. The zero-order valence-corrected chi connectivity index (χ0v) is 21.8. The van der Waals surface area contributed by atoms with E-state index >= 15 is 0 Å². The summed E-state index contributed by atoms with van der Waals surface area (Å²) in [5, 5.41) is 16.2. The van der Waals surface area contributed by atoms with Gasteiger partial charge in [0.05, 0.1) is 21.5 Å². The lowest BCUT2D eigenvalue weighted by atomic mass is 10.1. The van der Waals surface area contributed by atoms with Crippen LogP contribution in [0.15, 0.2) is 59.1 Å². The number of thiazole rings is 1. The van der Waals surface area contributed by atoms with Crippen LogP contribution in [-0.4, -0.2) is 31.7 Å². The molecule has 1 N–H and O–H groups in total. The number of nitrogens with zero attached hydrogens (tertiary/aromatic N) is 4. The first kappa shape index (κ1) is 24.7. The molecule has 0 aliphatic carbocycles. The molecule has 2 aromatic heterocycles. The van der Waals surface area contributed by atoms with Gasteiger partial charge in [0.15, 0.2) is 5.16 Å². The summed E-state index contributed by atoms with van der Waals surface area (Å²) >= 11 is 15.4. The fourth-order valence-electron chi connectivity index (χ4n) is 3.18. The molecule has 0 bridgehead atoms. The molecule has 176 valence electrons. The third kappa shape index (κ3) is 5.99. The van der Waals surface area contributed by atoms with E-state index in [1.807, 2.05) is 48.7 Å². The normalized spacial score (nSPS) is 12.0. The van der Waals surface area contributed by atoms with Gasteiger partial charge in [-0.3, -0.25) is 9.36 Å². The average molecular weight is 533 g/mol. The fourth-order valence-corrected chi connectivity index (χ4v) is 5.23. The quantitative estimate of drug-likeness (QED) is 0.251. The van der Waals surface area contributed by atoms with Crippen LogP contribution in [0.1, 0.15) is 47.2 Å². The maximum absolute atomic E-state index is 12.4. The topological polar surface area (TPSA) is 72.7 Å². The number of thioether (sulfide) groups is 1. The minimum absolute atomic E-state index is 0.111. The van der Waals surface area contributed by atoms with Gasteiger partial charge < -0.3 is 5.32 Å². The smallest absolute Gasteiger partial charge is 0.270 e. The van der Waals surface area contributed by atoms with Gasteiger partial charge in [-0.25, -0.2) is 4.98 Å². The van der Waals surface area contributed by atoms with E-state index in [1.165, 1.54) is 23.1 Å². The summed E-state index contributed by atoms with van der Waals surface area (Å²) in [6.07, 6.45) is 1.49. The van der Waals surface area contributed by atoms with Crippen molar-refractivity contribution in [3.8, 4) is 5.69 Å². The van der Waals surface area contributed by atoms with Gasteiger partial charge in [0.2, 0.25) is 0 Å². The van der Waals surface area contributed by atoms with E-state index in [0.717, 1.165) is 28.5 Å². The lowest BCUT2D eigenvalue weighted by Crippen LogP contribution is -2.32. The molecular formula is C24H23Cl2N5OS2. The summed E-state index contributed by atoms with van der Waals surface area (Å²) in [6.45, 7) is 4.01. The Hall–Kier alpha value is -2.39. The van der Waals surface area contributed by atoms with E-state index in [-0.39, 0.29) is 11.9 Å². The molecule has 4 aromatic rings. The van der Waals surface area contributed by atoms with Crippen molar-refractivity contribution >= 4 is 52.2 Å². The number of halogens is 2. The van der Waals surface area contributed by atoms with Crippen LogP contribution < -0.4 is 5.32 Å². The molecule has 0 aliphatic rings. The number of nitrogens with one attached hydrogen (secondary N) is 1. The molecule has 0 radical (unpaired) electrons. The van der Waals surface area contributed by atoms with Gasteiger partial charge in [0, 0.05) is 17.8 Å². The number of carbonyl (C=O) groups is 1. The molecular weight excluding hydrogens is 509 g/mol. The summed E-state index contributed by atoms with van der Waals surface area (Å²) in [4.78, 5) is 16.9. The average Bonchev–Trinajstić information content (AvgIpc) is 3.47. The molecule has 10 heteroatoms. The van der Waals surface area contributed by atoms with Gasteiger partial charge in [-0.1, -0.05) is 72.2 Å². The minimum Gasteiger partial charge on any atom is -0.348 e. The molecule has 0 spiro atoms. The second-order valence-electron chi connectivity index (χ2n) is 7.69. The number of rotatable bonds is 9. The van der Waals surface area contributed by atoms with E-state index in [4.69, 9.17) is 23.2 Å². The van der Waals surface area contributed by atoms with Crippen molar-refractivity contribution in [2.45, 2.75) is 43.6 Å². The lowest BCUT2D eigenvalue weighted by Gasteiger charge is -2.11. The van der Waals surface area contributed by atoms with Crippen LogP contribution in [0, 0.1) is 0 Å². The van der Waals surface area contributed by atoms with Crippen molar-refractivity contribution in [1.82, 2.24) is 25.1 Å². The highest BCUT2D eigenvalue weighted by atomic mass is 35.5. The molecule has 0 aliphatic heterocycles. The first-order chi connectivity index (χ1) is 16.4. The van der Waals surface area contributed by atoms with Crippen LogP contribution in [0.3, 0.4) is 0 Å². The molecule has 34 heavy (non-hydrogen) atoms. The molecule has 0 saturated carbocycles. The Balaban J connectivity index is 1.57. The second kappa shape index (κ2) is 11.4. The van der Waals surface area contributed by atoms with E-state index in [9.17, 15) is 4.79 Å². The highest BCUT2D eigenvalue weighted by molar-refractivity contribution is 7.98. The van der Waals surface area contributed by atoms with Crippen molar-refractivity contribution in [3.05, 3.63) is 86.0 Å². The summed E-state index contributed by atoms with van der Waals surface area (Å²) in [6, 6.07) is 15.7. The van der Waals surface area contributed by atoms with Crippen LogP contribution >= 0.6 is 46.3 Å². The van der Waals surface area contributed by atoms with Gasteiger partial charge in [-0.15, -0.1) is 21.5 Å². The zero-order valence-electron chi connectivity index (χ0n) is 18.7. The Kier molecular flexibility index (Phi) is 8.26. The largest absolute Gasteiger partial charge is 0.348 e. The molecule has 1 atom stereocenters. The molecule has 2 heterocycles. The fraction of sp³-hybridized carbons (Fsp3) is 0.250. The zero-order chi connectivity index (χ0) is 24.1. The third-order valence-electron chi connectivity index (χ3n) is 5.17. The SMILES string of the molecule is CCC(C)NC(=O)c1csc(CSc2nnc(Cc3ccccc3)n2-c2ccc(Cl)c(Cl)c2)n1. The predicted octanol–water partition coefficient (Wildman–Crippen LogP) is 6.44. The monoisotopic (exact) mass is 531 g/mol. The van der Waals surface area contributed by atoms with Crippen molar-refractivity contribution < 1.29 is 4.79 Å². The standard InChI is InChI=1S/C24H23Cl2N5OS2/c1-3-15(2)27-23(32)20-13-33-22(28-20)14-34-24-30-29-21(11-16-7-5-4-6-8-16)31(24)17-9-10-18(25)19(26)12-17/h4-10,12-13,15H,3,11,14H2,1-2H3,(H,27,32). The van der Waals surface area contributed by atoms with Gasteiger partial charge in [-0.2, -0.15) is 0 Å². The van der Waals surface area contributed by atoms with Crippen LogP contribution in [0.5, 0.6) is 0 Å². The Morgan fingerprint density at radius 2 is 1.94 bits per heavy atom. The highest BCUT2D eigenvalue weighted by Gasteiger charge is 2.18. The molecule has 4 rings (SSSR count). The van der Waals surface area contributed by atoms with E-state index in [2.05, 4.69) is 32.6 Å². The highest BCUT2D eigenvalue weighted by Crippen LogP contribution is 2.30. The summed E-state index contributed by atoms with van der Waals surface area (Å²) in [5.74, 6) is 1.21. The number of hydrogen-bond donors (Lipinski definition) is 1. The minimum atomic E-state index is -0.147. The van der Waals surface area contributed by atoms with Crippen LogP contribution in [-0.2, 0) is 12.2 Å². The molecule has 6 nitrogen and oxygen atoms in total. The van der Waals surface area contributed by atoms with Crippen LogP contribution in [0.25, 0.3) is 5.69 Å². The van der Waals surface area contributed by atoms with Crippen molar-refractivity contribution in [3.63, 3.8) is 0 Å². The van der Waals surface area contributed by atoms with Gasteiger partial charge in [0.1, 0.15) is 16.5 Å². The maximum atomic E-state index is 12.4. The van der Waals surface area contributed by atoms with Gasteiger partial charge in [0.25, 0.3) is 5.91 Å². The lowest BCUT2D eigenvalue weighted by molar-refractivity contribution is 0.0935. The van der Waals surface area contributed by atoms with Gasteiger partial charge in [-0.05, 0) is 37.1 Å². The predicted molar refractivity (Wildman–Crippen MR) is 140 cm³/mol. The molecule has 0 saturated heterocycles. The molecule has 0 fully saturated rings. The second-order valence-corrected chi connectivity index (χ2v) is 10.4. The van der Waals surface area contributed by atoms with E-state index < -0.39 is 0 Å². The molecule has 1 unspecified atom stereocenters. The number of benzene rings is 2. The summed E-state index contributed by atoms with van der Waals surface area (Å²) in [5.41, 5.74) is 2.40. The van der Waals surface area contributed by atoms with E-state index in [1.54, 1.807) is 11.4 Å². The number of aromatic nitrogens is 4. The van der Waals surface area contributed by atoms with Crippen LogP contribution in [0.2, 0.25) is 10.0 Å². The Morgan fingerprint density at radius 1 is 1.15 bits per heavy atom. The molecule has 1 amide bonds. The van der Waals surface area contributed by atoms with Gasteiger partial charge >= 0.3 is 0 Å². The number of hydrogen-bond acceptors (Lipinski definition) is 6. The first-order valence-electron chi connectivity index (χ1n) is 10.8.